The molecule has 108 valence electrons. The number of aromatic nitrogens is 1. The van der Waals surface area contributed by atoms with Gasteiger partial charge in [-0.15, -0.1) is 0 Å². The molecule has 0 spiro atoms. The van der Waals surface area contributed by atoms with Crippen molar-refractivity contribution in [2.45, 2.75) is 4.90 Å². The van der Waals surface area contributed by atoms with Crippen LogP contribution in [-0.2, 0) is 10.0 Å². The molecular weight excluding hydrogens is 295 g/mol. The van der Waals surface area contributed by atoms with Crippen LogP contribution in [0.2, 0.25) is 0 Å². The maximum Gasteiger partial charge on any atom is 0.263 e. The third kappa shape index (κ3) is 3.09. The first-order valence-corrected chi connectivity index (χ1v) is 7.31. The summed E-state index contributed by atoms with van der Waals surface area (Å²) in [5.41, 5.74) is -0.476. The predicted octanol–water partition coefficient (Wildman–Crippen LogP) is 1.93. The number of benzene rings is 1. The van der Waals surface area contributed by atoms with E-state index in [2.05, 4.69) is 15.0 Å². The van der Waals surface area contributed by atoms with Gasteiger partial charge < -0.3 is 5.32 Å². The van der Waals surface area contributed by atoms with Gasteiger partial charge in [0.25, 0.3) is 10.0 Å². The van der Waals surface area contributed by atoms with Gasteiger partial charge in [0.15, 0.2) is 0 Å². The van der Waals surface area contributed by atoms with Crippen molar-refractivity contribution < 1.29 is 12.8 Å². The summed E-state index contributed by atoms with van der Waals surface area (Å²) in [6.07, 6.45) is 1.17. The molecule has 0 aliphatic heterocycles. The Bertz CT molecular complexity index is 798. The van der Waals surface area contributed by atoms with Crippen molar-refractivity contribution in [2.24, 2.45) is 0 Å². The SMILES string of the molecule is CNc1ccc(S(=O)(=O)Nc2cccc(F)c2C#N)cn1. The minimum Gasteiger partial charge on any atom is -0.373 e. The van der Waals surface area contributed by atoms with Crippen LogP contribution >= 0.6 is 0 Å². The number of sulfonamides is 1. The molecule has 0 unspecified atom stereocenters. The van der Waals surface area contributed by atoms with Crippen LogP contribution in [0.3, 0.4) is 0 Å². The van der Waals surface area contributed by atoms with Crippen LogP contribution in [0.4, 0.5) is 15.9 Å². The summed E-state index contributed by atoms with van der Waals surface area (Å²) in [6, 6.07) is 8.19. The van der Waals surface area contributed by atoms with Crippen molar-refractivity contribution in [2.75, 3.05) is 17.1 Å². The maximum absolute atomic E-state index is 13.4. The van der Waals surface area contributed by atoms with E-state index in [9.17, 15) is 12.8 Å². The molecule has 0 bridgehead atoms. The Hall–Kier alpha value is -2.66. The van der Waals surface area contributed by atoms with Crippen LogP contribution in [-0.4, -0.2) is 20.4 Å². The summed E-state index contributed by atoms with van der Waals surface area (Å²) in [4.78, 5) is 3.81. The van der Waals surface area contributed by atoms with E-state index in [1.165, 1.54) is 30.5 Å². The van der Waals surface area contributed by atoms with Gasteiger partial charge in [-0.05, 0) is 24.3 Å². The molecule has 0 saturated heterocycles. The summed E-state index contributed by atoms with van der Waals surface area (Å²) < 4.78 is 40.0. The molecule has 8 heteroatoms. The first-order chi connectivity index (χ1) is 9.97. The number of nitriles is 1. The zero-order valence-electron chi connectivity index (χ0n) is 11.0. The van der Waals surface area contributed by atoms with E-state index < -0.39 is 15.8 Å². The molecule has 0 aliphatic rings. The number of hydrogen-bond acceptors (Lipinski definition) is 5. The van der Waals surface area contributed by atoms with E-state index in [0.717, 1.165) is 6.07 Å². The Morgan fingerprint density at radius 2 is 2.05 bits per heavy atom. The zero-order chi connectivity index (χ0) is 15.5. The summed E-state index contributed by atoms with van der Waals surface area (Å²) in [5, 5.41) is 11.7. The van der Waals surface area contributed by atoms with E-state index in [1.807, 2.05) is 0 Å². The summed E-state index contributed by atoms with van der Waals surface area (Å²) >= 11 is 0. The molecule has 0 fully saturated rings. The number of anilines is 2. The summed E-state index contributed by atoms with van der Waals surface area (Å²) in [5.74, 6) is -0.279. The zero-order valence-corrected chi connectivity index (χ0v) is 11.8. The van der Waals surface area contributed by atoms with Crippen molar-refractivity contribution in [3.63, 3.8) is 0 Å². The van der Waals surface area contributed by atoms with Crippen molar-refractivity contribution in [3.05, 3.63) is 47.9 Å². The van der Waals surface area contributed by atoms with Crippen LogP contribution in [0.25, 0.3) is 0 Å². The summed E-state index contributed by atoms with van der Waals surface area (Å²) in [6.45, 7) is 0. The van der Waals surface area contributed by atoms with Crippen LogP contribution in [0.1, 0.15) is 5.56 Å². The molecule has 2 rings (SSSR count). The van der Waals surface area contributed by atoms with Crippen LogP contribution < -0.4 is 10.0 Å². The number of rotatable bonds is 4. The Balaban J connectivity index is 2.38. The molecule has 0 saturated carbocycles. The van der Waals surface area contributed by atoms with Gasteiger partial charge in [0.05, 0.1) is 5.69 Å². The fraction of sp³-hybridized carbons (Fsp3) is 0.0769. The fourth-order valence-corrected chi connectivity index (χ4v) is 2.63. The molecule has 0 amide bonds. The lowest BCUT2D eigenvalue weighted by Gasteiger charge is -2.10. The average Bonchev–Trinajstić information content (AvgIpc) is 2.47. The maximum atomic E-state index is 13.4. The lowest BCUT2D eigenvalue weighted by atomic mass is 10.2. The quantitative estimate of drug-likeness (QED) is 0.900. The lowest BCUT2D eigenvalue weighted by molar-refractivity contribution is 0.600. The van der Waals surface area contributed by atoms with Gasteiger partial charge in [0, 0.05) is 13.2 Å². The molecule has 1 heterocycles. The normalized spacial score (nSPS) is 10.7. The second-order valence-corrected chi connectivity index (χ2v) is 5.69. The van der Waals surface area contributed by atoms with E-state index in [4.69, 9.17) is 5.26 Å². The highest BCUT2D eigenvalue weighted by molar-refractivity contribution is 7.92. The molecule has 2 aromatic rings. The highest BCUT2D eigenvalue weighted by Crippen LogP contribution is 2.21. The van der Waals surface area contributed by atoms with Crippen molar-refractivity contribution in [1.29, 1.82) is 5.26 Å². The monoisotopic (exact) mass is 306 g/mol. The molecule has 1 aromatic carbocycles. The summed E-state index contributed by atoms with van der Waals surface area (Å²) in [7, 11) is -2.29. The van der Waals surface area contributed by atoms with Crippen LogP contribution in [0.15, 0.2) is 41.4 Å². The Labute approximate surface area is 121 Å². The van der Waals surface area contributed by atoms with Gasteiger partial charge in [-0.25, -0.2) is 17.8 Å². The standard InChI is InChI=1S/C13H11FN4O2S/c1-16-13-6-5-9(8-17-13)21(19,20)18-12-4-2-3-11(14)10(12)7-15/h2-6,8,18H,1H3,(H,16,17). The first-order valence-electron chi connectivity index (χ1n) is 5.83. The van der Waals surface area contributed by atoms with E-state index in [1.54, 1.807) is 13.1 Å². The number of nitrogens with one attached hydrogen (secondary N) is 2. The Morgan fingerprint density at radius 1 is 1.29 bits per heavy atom. The minimum atomic E-state index is -3.95. The smallest absolute Gasteiger partial charge is 0.263 e. The second-order valence-electron chi connectivity index (χ2n) is 4.01. The van der Waals surface area contributed by atoms with Gasteiger partial charge in [-0.1, -0.05) is 6.07 Å². The van der Waals surface area contributed by atoms with Crippen molar-refractivity contribution in [3.8, 4) is 6.07 Å². The lowest BCUT2D eigenvalue weighted by Crippen LogP contribution is -2.14. The molecule has 1 aromatic heterocycles. The van der Waals surface area contributed by atoms with Crippen LogP contribution in [0.5, 0.6) is 0 Å². The Morgan fingerprint density at radius 3 is 2.62 bits per heavy atom. The molecule has 6 nitrogen and oxygen atoms in total. The second kappa shape index (κ2) is 5.76. The van der Waals surface area contributed by atoms with Gasteiger partial charge in [0.1, 0.15) is 28.2 Å². The van der Waals surface area contributed by atoms with E-state index >= 15 is 0 Å². The van der Waals surface area contributed by atoms with Crippen molar-refractivity contribution in [1.82, 2.24) is 4.98 Å². The number of halogens is 1. The van der Waals surface area contributed by atoms with Gasteiger partial charge in [0.2, 0.25) is 0 Å². The van der Waals surface area contributed by atoms with E-state index in [0.29, 0.717) is 5.82 Å². The number of hydrogen-bond donors (Lipinski definition) is 2. The van der Waals surface area contributed by atoms with Crippen LogP contribution in [0, 0.1) is 17.1 Å². The van der Waals surface area contributed by atoms with Gasteiger partial charge in [-0.2, -0.15) is 5.26 Å². The molecule has 0 atom stereocenters. The largest absolute Gasteiger partial charge is 0.373 e. The molecule has 2 N–H and O–H groups in total. The topological polar surface area (TPSA) is 94.9 Å². The molecule has 0 radical (unpaired) electrons. The van der Waals surface area contributed by atoms with E-state index in [-0.39, 0.29) is 16.1 Å². The highest BCUT2D eigenvalue weighted by Gasteiger charge is 2.18. The third-order valence-corrected chi connectivity index (χ3v) is 4.02. The molecular formula is C13H11FN4O2S. The Kier molecular flexibility index (Phi) is 4.05. The predicted molar refractivity (Wildman–Crippen MR) is 75.7 cm³/mol. The average molecular weight is 306 g/mol. The third-order valence-electron chi connectivity index (χ3n) is 2.67. The minimum absolute atomic E-state index is 0.0883. The number of nitrogens with zero attached hydrogens (tertiary/aromatic N) is 2. The highest BCUT2D eigenvalue weighted by atomic mass is 32.2. The first kappa shape index (κ1) is 14.7. The fourth-order valence-electron chi connectivity index (χ4n) is 1.61. The van der Waals surface area contributed by atoms with Crippen molar-refractivity contribution >= 4 is 21.5 Å². The molecule has 21 heavy (non-hydrogen) atoms. The molecule has 0 aliphatic carbocycles. The van der Waals surface area contributed by atoms with Gasteiger partial charge in [-0.3, -0.25) is 4.72 Å². The van der Waals surface area contributed by atoms with Gasteiger partial charge >= 0.3 is 0 Å². The number of pyridine rings is 1.